The summed E-state index contributed by atoms with van der Waals surface area (Å²) in [5.41, 5.74) is 6.14. The smallest absolute Gasteiger partial charge is 0.222 e. The molecule has 3 N–H and O–H groups in total. The molecule has 4 rings (SSSR count). The molecule has 3 heteroatoms. The summed E-state index contributed by atoms with van der Waals surface area (Å²) in [5, 5.41) is 3.36. The van der Waals surface area contributed by atoms with E-state index in [0.717, 1.165) is 36.5 Å². The van der Waals surface area contributed by atoms with Crippen LogP contribution in [0.15, 0.2) is 0 Å². The van der Waals surface area contributed by atoms with Crippen LogP contribution in [-0.4, -0.2) is 17.5 Å². The predicted molar refractivity (Wildman–Crippen MR) is 79.0 cm³/mol. The molecule has 112 valence electrons. The summed E-state index contributed by atoms with van der Waals surface area (Å²) in [6.45, 7) is 0. The van der Waals surface area contributed by atoms with E-state index in [1.54, 1.807) is 0 Å². The summed E-state index contributed by atoms with van der Waals surface area (Å²) in [6, 6.07) is 0.469. The van der Waals surface area contributed by atoms with Gasteiger partial charge >= 0.3 is 0 Å². The Balaban J connectivity index is 1.35. The van der Waals surface area contributed by atoms with Crippen molar-refractivity contribution in [2.75, 3.05) is 0 Å². The zero-order valence-electron chi connectivity index (χ0n) is 12.4. The Morgan fingerprint density at radius 2 is 1.80 bits per heavy atom. The molecule has 4 aliphatic rings. The van der Waals surface area contributed by atoms with Crippen LogP contribution >= 0.6 is 0 Å². The number of amides is 1. The molecule has 0 aliphatic heterocycles. The van der Waals surface area contributed by atoms with Gasteiger partial charge in [0.05, 0.1) is 0 Å². The molecule has 0 heterocycles. The van der Waals surface area contributed by atoms with Gasteiger partial charge in [-0.1, -0.05) is 19.3 Å². The third kappa shape index (κ3) is 2.09. The minimum Gasteiger partial charge on any atom is -0.353 e. The molecule has 0 aromatic carbocycles. The van der Waals surface area contributed by atoms with Crippen molar-refractivity contribution in [3.63, 3.8) is 0 Å². The molecule has 1 amide bonds. The summed E-state index contributed by atoms with van der Waals surface area (Å²) >= 11 is 0. The second-order valence-electron chi connectivity index (χ2n) is 8.07. The van der Waals surface area contributed by atoms with Crippen molar-refractivity contribution in [2.45, 2.75) is 75.8 Å². The van der Waals surface area contributed by atoms with Crippen molar-refractivity contribution in [1.29, 1.82) is 0 Å². The van der Waals surface area contributed by atoms with Crippen molar-refractivity contribution in [3.8, 4) is 0 Å². The third-order valence-corrected chi connectivity index (χ3v) is 6.89. The fourth-order valence-corrected chi connectivity index (χ4v) is 6.07. The van der Waals surface area contributed by atoms with E-state index in [4.69, 9.17) is 5.73 Å². The van der Waals surface area contributed by atoms with Crippen LogP contribution in [0.1, 0.15) is 64.2 Å². The summed E-state index contributed by atoms with van der Waals surface area (Å²) in [6.07, 6.45) is 11.9. The van der Waals surface area contributed by atoms with Crippen molar-refractivity contribution in [3.05, 3.63) is 0 Å². The third-order valence-electron chi connectivity index (χ3n) is 6.89. The molecule has 3 nitrogen and oxygen atoms in total. The van der Waals surface area contributed by atoms with Gasteiger partial charge in [-0.05, 0) is 62.2 Å². The van der Waals surface area contributed by atoms with Gasteiger partial charge in [0.15, 0.2) is 0 Å². The van der Waals surface area contributed by atoms with Gasteiger partial charge in [0.25, 0.3) is 0 Å². The van der Waals surface area contributed by atoms with Crippen LogP contribution in [0.2, 0.25) is 0 Å². The molecule has 4 aliphatic carbocycles. The number of nitrogens with two attached hydrogens (primary N) is 1. The molecule has 0 saturated heterocycles. The first-order valence-electron chi connectivity index (χ1n) is 8.73. The van der Waals surface area contributed by atoms with Gasteiger partial charge in [0.1, 0.15) is 0 Å². The molecule has 0 spiro atoms. The van der Waals surface area contributed by atoms with Gasteiger partial charge < -0.3 is 11.1 Å². The van der Waals surface area contributed by atoms with Crippen LogP contribution in [0.5, 0.6) is 0 Å². The number of rotatable bonds is 3. The Labute approximate surface area is 122 Å². The van der Waals surface area contributed by atoms with E-state index >= 15 is 0 Å². The molecule has 2 bridgehead atoms. The summed E-state index contributed by atoms with van der Waals surface area (Å²) in [4.78, 5) is 12.3. The van der Waals surface area contributed by atoms with Crippen molar-refractivity contribution >= 4 is 5.91 Å². The van der Waals surface area contributed by atoms with Crippen molar-refractivity contribution < 1.29 is 4.79 Å². The average Bonchev–Trinajstić information content (AvgIpc) is 3.08. The SMILES string of the molecule is NC1(CC(=O)NC2CC3CC2C2CCCC32)CCCC1. The first-order chi connectivity index (χ1) is 9.65. The van der Waals surface area contributed by atoms with Gasteiger partial charge in [-0.2, -0.15) is 0 Å². The number of nitrogens with one attached hydrogen (secondary N) is 1. The maximum Gasteiger partial charge on any atom is 0.222 e. The Morgan fingerprint density at radius 3 is 2.60 bits per heavy atom. The zero-order valence-corrected chi connectivity index (χ0v) is 12.4. The van der Waals surface area contributed by atoms with E-state index in [1.165, 1.54) is 44.9 Å². The highest BCUT2D eigenvalue weighted by atomic mass is 16.1. The fraction of sp³-hybridized carbons (Fsp3) is 0.941. The minimum atomic E-state index is -0.197. The highest BCUT2D eigenvalue weighted by molar-refractivity contribution is 5.77. The Bertz CT molecular complexity index is 402. The lowest BCUT2D eigenvalue weighted by molar-refractivity contribution is -0.123. The normalized spacial score (nSPS) is 44.8. The topological polar surface area (TPSA) is 55.1 Å². The number of fused-ring (bicyclic) bond motifs is 5. The second kappa shape index (κ2) is 4.72. The second-order valence-corrected chi connectivity index (χ2v) is 8.07. The number of carbonyl (C=O) groups excluding carboxylic acids is 1. The maximum absolute atomic E-state index is 12.3. The van der Waals surface area contributed by atoms with Crippen LogP contribution in [-0.2, 0) is 4.79 Å². The van der Waals surface area contributed by atoms with Crippen LogP contribution in [0.3, 0.4) is 0 Å². The highest BCUT2D eigenvalue weighted by Gasteiger charge is 2.54. The molecule has 5 unspecified atom stereocenters. The van der Waals surface area contributed by atoms with E-state index in [1.807, 2.05) is 0 Å². The zero-order chi connectivity index (χ0) is 13.7. The summed E-state index contributed by atoms with van der Waals surface area (Å²) < 4.78 is 0. The minimum absolute atomic E-state index is 0.197. The van der Waals surface area contributed by atoms with Crippen molar-refractivity contribution in [2.24, 2.45) is 29.4 Å². The average molecular weight is 276 g/mol. The molecular formula is C17H28N2O. The first kappa shape index (κ1) is 13.1. The maximum atomic E-state index is 12.3. The highest BCUT2D eigenvalue weighted by Crippen LogP contribution is 2.58. The van der Waals surface area contributed by atoms with Crippen LogP contribution < -0.4 is 11.1 Å². The van der Waals surface area contributed by atoms with Gasteiger partial charge in [0, 0.05) is 18.0 Å². The lowest BCUT2D eigenvalue weighted by Gasteiger charge is -2.33. The summed E-state index contributed by atoms with van der Waals surface area (Å²) in [5.74, 6) is 3.85. The molecular weight excluding hydrogens is 248 g/mol. The van der Waals surface area contributed by atoms with Crippen LogP contribution in [0.25, 0.3) is 0 Å². The molecule has 0 aromatic heterocycles. The van der Waals surface area contributed by atoms with Gasteiger partial charge in [0.2, 0.25) is 5.91 Å². The Hall–Kier alpha value is -0.570. The largest absolute Gasteiger partial charge is 0.353 e. The molecule has 0 radical (unpaired) electrons. The van der Waals surface area contributed by atoms with E-state index in [-0.39, 0.29) is 11.4 Å². The lowest BCUT2D eigenvalue weighted by atomic mass is 9.79. The Morgan fingerprint density at radius 1 is 1.05 bits per heavy atom. The number of carbonyl (C=O) groups is 1. The molecule has 0 aromatic rings. The van der Waals surface area contributed by atoms with Gasteiger partial charge in [-0.15, -0.1) is 0 Å². The monoisotopic (exact) mass is 276 g/mol. The molecule has 20 heavy (non-hydrogen) atoms. The van der Waals surface area contributed by atoms with E-state index in [0.29, 0.717) is 12.5 Å². The molecule has 5 atom stereocenters. The fourth-order valence-electron chi connectivity index (χ4n) is 6.07. The standard InChI is InChI=1S/C17H28N2O/c18-17(6-1-2-7-17)10-16(20)19-15-9-11-8-14(15)13-5-3-4-12(11)13/h11-15H,1-10,18H2,(H,19,20). The van der Waals surface area contributed by atoms with E-state index < -0.39 is 0 Å². The molecule has 4 saturated carbocycles. The van der Waals surface area contributed by atoms with Crippen LogP contribution in [0.4, 0.5) is 0 Å². The summed E-state index contributed by atoms with van der Waals surface area (Å²) in [7, 11) is 0. The van der Waals surface area contributed by atoms with Crippen LogP contribution in [0, 0.1) is 23.7 Å². The van der Waals surface area contributed by atoms with E-state index in [9.17, 15) is 4.79 Å². The number of hydrogen-bond donors (Lipinski definition) is 2. The van der Waals surface area contributed by atoms with Crippen molar-refractivity contribution in [1.82, 2.24) is 5.32 Å². The van der Waals surface area contributed by atoms with Gasteiger partial charge in [-0.3, -0.25) is 4.79 Å². The lowest BCUT2D eigenvalue weighted by Crippen LogP contribution is -2.47. The van der Waals surface area contributed by atoms with Gasteiger partial charge in [-0.25, -0.2) is 0 Å². The first-order valence-corrected chi connectivity index (χ1v) is 8.73. The predicted octanol–water partition coefficient (Wildman–Crippen LogP) is 2.59. The molecule has 4 fully saturated rings. The number of hydrogen-bond acceptors (Lipinski definition) is 2. The quantitative estimate of drug-likeness (QED) is 0.832. The van der Waals surface area contributed by atoms with E-state index in [2.05, 4.69) is 5.32 Å². The Kier molecular flexibility index (Phi) is 3.10.